The van der Waals surface area contributed by atoms with Crippen molar-refractivity contribution in [3.05, 3.63) is 94.1 Å². The second kappa shape index (κ2) is 7.84. The Morgan fingerprint density at radius 2 is 1.87 bits per heavy atom. The molecule has 2 aromatic rings. The lowest BCUT2D eigenvalue weighted by molar-refractivity contribution is 0.385. The first-order chi connectivity index (χ1) is 14.4. The Hall–Kier alpha value is -3.31. The fourth-order valence-electron chi connectivity index (χ4n) is 4.31. The number of aliphatic imine (C=N–C) groups is 1. The van der Waals surface area contributed by atoms with Crippen molar-refractivity contribution in [3.63, 3.8) is 0 Å². The van der Waals surface area contributed by atoms with Crippen LogP contribution in [0.4, 0.5) is 5.69 Å². The van der Waals surface area contributed by atoms with Crippen LogP contribution in [0.15, 0.2) is 71.3 Å². The number of ether oxygens (including phenoxy) is 1. The minimum absolute atomic E-state index is 0.340. The normalized spacial score (nSPS) is 16.9. The number of fused-ring (bicyclic) bond motifs is 1. The van der Waals surface area contributed by atoms with Gasteiger partial charge in [0, 0.05) is 22.9 Å². The van der Waals surface area contributed by atoms with Gasteiger partial charge in [-0.25, -0.2) is 0 Å². The van der Waals surface area contributed by atoms with Gasteiger partial charge in [-0.05, 0) is 79.1 Å². The first-order valence-electron chi connectivity index (χ1n) is 10.4. The van der Waals surface area contributed by atoms with Gasteiger partial charge in [0.2, 0.25) is 0 Å². The fraction of sp³-hybridized carbons (Fsp3) is 0.250. The minimum Gasteiger partial charge on any atom is -0.452 e. The van der Waals surface area contributed by atoms with E-state index < -0.39 is 0 Å². The molecule has 0 N–H and O–H groups in total. The van der Waals surface area contributed by atoms with Gasteiger partial charge in [-0.3, -0.25) is 4.99 Å². The summed E-state index contributed by atoms with van der Waals surface area (Å²) in [6, 6.07) is 12.8. The summed E-state index contributed by atoms with van der Waals surface area (Å²) < 4.78 is 6.21. The van der Waals surface area contributed by atoms with Crippen LogP contribution in [-0.4, -0.2) is 6.21 Å². The Labute approximate surface area is 179 Å². The van der Waals surface area contributed by atoms with E-state index in [0.717, 1.165) is 52.3 Å². The molecule has 0 fully saturated rings. The Morgan fingerprint density at radius 3 is 2.60 bits per heavy atom. The molecular formula is C28H27NO. The van der Waals surface area contributed by atoms with Gasteiger partial charge in [0.1, 0.15) is 5.76 Å². The summed E-state index contributed by atoms with van der Waals surface area (Å²) in [5, 5.41) is 0. The molecule has 4 rings (SSSR count). The number of hydrogen-bond donors (Lipinski definition) is 0. The predicted molar refractivity (Wildman–Crippen MR) is 127 cm³/mol. The molecule has 0 amide bonds. The molecule has 2 aromatic carbocycles. The van der Waals surface area contributed by atoms with Gasteiger partial charge in [0.25, 0.3) is 0 Å². The molecule has 30 heavy (non-hydrogen) atoms. The largest absolute Gasteiger partial charge is 0.452 e. The maximum atomic E-state index is 6.21. The molecular weight excluding hydrogens is 366 g/mol. The van der Waals surface area contributed by atoms with Gasteiger partial charge in [-0.1, -0.05) is 44.4 Å². The van der Waals surface area contributed by atoms with Gasteiger partial charge in [0.05, 0.1) is 5.69 Å². The Kier molecular flexibility index (Phi) is 5.22. The van der Waals surface area contributed by atoms with Gasteiger partial charge in [-0.2, -0.15) is 0 Å². The van der Waals surface area contributed by atoms with Crippen molar-refractivity contribution in [2.24, 2.45) is 10.4 Å². The fourth-order valence-corrected chi connectivity index (χ4v) is 4.31. The number of hydrogen-bond acceptors (Lipinski definition) is 2. The maximum Gasteiger partial charge on any atom is 0.176 e. The summed E-state index contributed by atoms with van der Waals surface area (Å²) in [4.78, 5) is 4.42. The third kappa shape index (κ3) is 3.89. The zero-order valence-corrected chi connectivity index (χ0v) is 18.2. The molecule has 2 heteroatoms. The van der Waals surface area contributed by atoms with Gasteiger partial charge in [-0.15, -0.1) is 5.73 Å². The van der Waals surface area contributed by atoms with Crippen LogP contribution in [-0.2, 0) is 17.6 Å². The summed E-state index contributed by atoms with van der Waals surface area (Å²) >= 11 is 0. The average molecular weight is 394 g/mol. The smallest absolute Gasteiger partial charge is 0.176 e. The number of rotatable bonds is 4. The molecule has 0 bridgehead atoms. The predicted octanol–water partition coefficient (Wildman–Crippen LogP) is 7.29. The minimum atomic E-state index is 0.340. The van der Waals surface area contributed by atoms with E-state index >= 15 is 0 Å². The van der Waals surface area contributed by atoms with E-state index in [-0.39, 0.29) is 0 Å². The van der Waals surface area contributed by atoms with Crippen molar-refractivity contribution in [1.82, 2.24) is 0 Å². The lowest BCUT2D eigenvalue weighted by Crippen LogP contribution is -2.09. The average Bonchev–Trinajstić information content (AvgIpc) is 3.02. The Bertz CT molecular complexity index is 1190. The van der Waals surface area contributed by atoms with E-state index in [1.807, 2.05) is 32.1 Å². The van der Waals surface area contributed by atoms with Crippen LogP contribution in [0.3, 0.4) is 0 Å². The number of allylic oxidation sites excluding steroid dienone is 3. The molecule has 0 unspecified atom stereocenters. The molecule has 0 aromatic heterocycles. The van der Waals surface area contributed by atoms with E-state index in [0.29, 0.717) is 5.41 Å². The molecule has 0 spiro atoms. The SMILES string of the molecule is C=C=Cc1cc(C2=C(C)OC(c3ccc4c(c3)CC(C)(C)C4)=C=C2)ccc1N=CC. The van der Waals surface area contributed by atoms with Crippen molar-refractivity contribution in [2.75, 3.05) is 0 Å². The summed E-state index contributed by atoms with van der Waals surface area (Å²) in [6.07, 6.45) is 7.91. The highest BCUT2D eigenvalue weighted by Crippen LogP contribution is 2.38. The monoisotopic (exact) mass is 393 g/mol. The van der Waals surface area contributed by atoms with Crippen molar-refractivity contribution in [1.29, 1.82) is 0 Å². The molecule has 0 saturated heterocycles. The second-order valence-corrected chi connectivity index (χ2v) is 8.70. The molecule has 0 atom stereocenters. The molecule has 2 aliphatic rings. The van der Waals surface area contributed by atoms with E-state index in [1.165, 1.54) is 11.1 Å². The van der Waals surface area contributed by atoms with Crippen LogP contribution in [0.25, 0.3) is 17.4 Å². The highest BCUT2D eigenvalue weighted by Gasteiger charge is 2.28. The second-order valence-electron chi connectivity index (χ2n) is 8.70. The Morgan fingerprint density at radius 1 is 1.10 bits per heavy atom. The molecule has 2 nitrogen and oxygen atoms in total. The molecule has 1 aliphatic carbocycles. The third-order valence-corrected chi connectivity index (χ3v) is 5.65. The van der Waals surface area contributed by atoms with Crippen LogP contribution in [0, 0.1) is 5.41 Å². The van der Waals surface area contributed by atoms with Crippen molar-refractivity contribution in [3.8, 4) is 0 Å². The summed E-state index contributed by atoms with van der Waals surface area (Å²) in [6.45, 7) is 12.3. The van der Waals surface area contributed by atoms with E-state index in [1.54, 1.807) is 6.21 Å². The highest BCUT2D eigenvalue weighted by atomic mass is 16.5. The lowest BCUT2D eigenvalue weighted by Gasteiger charge is -2.17. The summed E-state index contributed by atoms with van der Waals surface area (Å²) in [5.74, 6) is 1.65. The van der Waals surface area contributed by atoms with Crippen molar-refractivity contribution < 1.29 is 4.74 Å². The standard InChI is InChI=1S/C28H27NO/c1-6-8-21-15-20(11-13-26(21)29-7-2)25-12-14-27(30-19(25)3)22-9-10-23-17-28(4,5)18-24(23)16-22/h7-13,15-16H,1,17-18H2,2-5H3. The highest BCUT2D eigenvalue weighted by molar-refractivity contribution is 5.83. The Balaban J connectivity index is 1.68. The maximum absolute atomic E-state index is 6.21. The lowest BCUT2D eigenvalue weighted by atomic mass is 9.90. The molecule has 0 radical (unpaired) electrons. The van der Waals surface area contributed by atoms with E-state index in [2.05, 4.69) is 67.2 Å². The van der Waals surface area contributed by atoms with Gasteiger partial charge in [0.15, 0.2) is 5.76 Å². The molecule has 150 valence electrons. The van der Waals surface area contributed by atoms with E-state index in [9.17, 15) is 0 Å². The van der Waals surface area contributed by atoms with Gasteiger partial charge >= 0.3 is 0 Å². The molecule has 1 aliphatic heterocycles. The zero-order chi connectivity index (χ0) is 21.3. The first kappa shape index (κ1) is 20.0. The summed E-state index contributed by atoms with van der Waals surface area (Å²) in [5.41, 5.74) is 14.5. The quantitative estimate of drug-likeness (QED) is 0.395. The molecule has 0 saturated carbocycles. The number of nitrogens with zero attached hydrogens (tertiary/aromatic N) is 1. The number of benzene rings is 2. The van der Waals surface area contributed by atoms with Gasteiger partial charge < -0.3 is 4.74 Å². The van der Waals surface area contributed by atoms with Crippen LogP contribution in [0.5, 0.6) is 0 Å². The van der Waals surface area contributed by atoms with Crippen molar-refractivity contribution in [2.45, 2.75) is 40.5 Å². The van der Waals surface area contributed by atoms with Crippen LogP contribution in [0.2, 0.25) is 0 Å². The van der Waals surface area contributed by atoms with E-state index in [4.69, 9.17) is 4.74 Å². The summed E-state index contributed by atoms with van der Waals surface area (Å²) in [7, 11) is 0. The first-order valence-corrected chi connectivity index (χ1v) is 10.4. The topological polar surface area (TPSA) is 21.6 Å². The van der Waals surface area contributed by atoms with Crippen LogP contribution in [0.1, 0.15) is 55.5 Å². The zero-order valence-electron chi connectivity index (χ0n) is 18.2. The van der Waals surface area contributed by atoms with Crippen LogP contribution >= 0.6 is 0 Å². The van der Waals surface area contributed by atoms with Crippen LogP contribution < -0.4 is 0 Å². The van der Waals surface area contributed by atoms with Crippen molar-refractivity contribution >= 4 is 29.3 Å². The molecule has 1 heterocycles. The third-order valence-electron chi connectivity index (χ3n) is 5.65.